The van der Waals surface area contributed by atoms with Crippen LogP contribution in [0.4, 0.5) is 0 Å². The maximum Gasteiger partial charge on any atom is 0.151 e. The van der Waals surface area contributed by atoms with Crippen LogP contribution in [0.1, 0.15) is 23.6 Å². The Labute approximate surface area is 134 Å². The van der Waals surface area contributed by atoms with Crippen LogP contribution in [-0.2, 0) is 19.5 Å². The molecule has 1 aliphatic rings. The summed E-state index contributed by atoms with van der Waals surface area (Å²) in [5, 5.41) is 11.9. The summed E-state index contributed by atoms with van der Waals surface area (Å²) < 4.78 is 7.42. The summed E-state index contributed by atoms with van der Waals surface area (Å²) in [6.07, 6.45) is 3.66. The number of aromatic nitrogens is 4. The van der Waals surface area contributed by atoms with Gasteiger partial charge in [0.15, 0.2) is 5.76 Å². The minimum atomic E-state index is 0.386. The van der Waals surface area contributed by atoms with E-state index < -0.39 is 0 Å². The number of benzene rings is 1. The van der Waals surface area contributed by atoms with Crippen molar-refractivity contribution in [1.82, 2.24) is 25.2 Å². The largest absolute Gasteiger partial charge is 0.359 e. The van der Waals surface area contributed by atoms with Crippen molar-refractivity contribution in [3.63, 3.8) is 0 Å². The molecule has 1 aliphatic heterocycles. The van der Waals surface area contributed by atoms with Crippen LogP contribution in [0.5, 0.6) is 0 Å². The molecule has 0 radical (unpaired) electrons. The Morgan fingerprint density at radius 3 is 3.04 bits per heavy atom. The molecule has 0 saturated carbocycles. The maximum atomic E-state index is 5.45. The summed E-state index contributed by atoms with van der Waals surface area (Å²) in [5.74, 6) is 1.93. The van der Waals surface area contributed by atoms with E-state index in [1.807, 2.05) is 10.7 Å². The Morgan fingerprint density at radius 1 is 1.30 bits per heavy atom. The summed E-state index contributed by atoms with van der Waals surface area (Å²) >= 11 is 0. The van der Waals surface area contributed by atoms with Crippen LogP contribution in [0.2, 0.25) is 0 Å². The van der Waals surface area contributed by atoms with Gasteiger partial charge in [0.2, 0.25) is 0 Å². The molecule has 0 spiro atoms. The smallest absolute Gasteiger partial charge is 0.151 e. The van der Waals surface area contributed by atoms with E-state index in [1.54, 1.807) is 6.33 Å². The van der Waals surface area contributed by atoms with E-state index in [9.17, 15) is 0 Å². The molecule has 118 valence electrons. The predicted molar refractivity (Wildman–Crippen MR) is 85.6 cm³/mol. The molecule has 6 heteroatoms. The average Bonchev–Trinajstić information content (AvgIpc) is 3.22. The van der Waals surface area contributed by atoms with Crippen LogP contribution in [-0.4, -0.2) is 26.0 Å². The number of fused-ring (bicyclic) bond motifs is 1. The van der Waals surface area contributed by atoms with Crippen molar-refractivity contribution in [2.45, 2.75) is 38.9 Å². The molecule has 0 aliphatic carbocycles. The SMILES string of the molecule is Cc1ccc(-c2cc(CNC3CCc4ncnn4C3)on2)cc1. The highest BCUT2D eigenvalue weighted by molar-refractivity contribution is 5.59. The molecule has 1 aromatic carbocycles. The van der Waals surface area contributed by atoms with Crippen molar-refractivity contribution < 1.29 is 4.52 Å². The summed E-state index contributed by atoms with van der Waals surface area (Å²) in [7, 11) is 0. The van der Waals surface area contributed by atoms with E-state index in [0.29, 0.717) is 12.6 Å². The average molecular weight is 309 g/mol. The Morgan fingerprint density at radius 2 is 2.17 bits per heavy atom. The lowest BCUT2D eigenvalue weighted by Gasteiger charge is -2.23. The quantitative estimate of drug-likeness (QED) is 0.801. The Balaban J connectivity index is 1.38. The van der Waals surface area contributed by atoms with Crippen molar-refractivity contribution >= 4 is 0 Å². The minimum Gasteiger partial charge on any atom is -0.359 e. The van der Waals surface area contributed by atoms with Gasteiger partial charge in [0.05, 0.1) is 13.1 Å². The van der Waals surface area contributed by atoms with Crippen LogP contribution in [0.15, 0.2) is 41.2 Å². The summed E-state index contributed by atoms with van der Waals surface area (Å²) in [6, 6.07) is 10.7. The van der Waals surface area contributed by atoms with Crippen LogP contribution in [0.25, 0.3) is 11.3 Å². The fraction of sp³-hybridized carbons (Fsp3) is 0.353. The number of hydrogen-bond donors (Lipinski definition) is 1. The molecule has 4 rings (SSSR count). The van der Waals surface area contributed by atoms with Gasteiger partial charge in [0, 0.05) is 24.1 Å². The molecule has 1 N–H and O–H groups in total. The molecule has 2 aromatic heterocycles. The minimum absolute atomic E-state index is 0.386. The van der Waals surface area contributed by atoms with Gasteiger partial charge >= 0.3 is 0 Å². The Hall–Kier alpha value is -2.47. The van der Waals surface area contributed by atoms with Gasteiger partial charge in [0.1, 0.15) is 17.8 Å². The zero-order valence-corrected chi connectivity index (χ0v) is 13.1. The molecular weight excluding hydrogens is 290 g/mol. The van der Waals surface area contributed by atoms with Gasteiger partial charge < -0.3 is 9.84 Å². The zero-order chi connectivity index (χ0) is 15.6. The van der Waals surface area contributed by atoms with Crippen LogP contribution >= 0.6 is 0 Å². The normalized spacial score (nSPS) is 17.2. The van der Waals surface area contributed by atoms with E-state index in [0.717, 1.165) is 42.2 Å². The third-order valence-electron chi connectivity index (χ3n) is 4.28. The van der Waals surface area contributed by atoms with E-state index in [-0.39, 0.29) is 0 Å². The predicted octanol–water partition coefficient (Wildman–Crippen LogP) is 2.35. The first-order valence-corrected chi connectivity index (χ1v) is 7.90. The molecule has 1 unspecified atom stereocenters. The highest BCUT2D eigenvalue weighted by Crippen LogP contribution is 2.20. The van der Waals surface area contributed by atoms with Gasteiger partial charge in [-0.3, -0.25) is 0 Å². The monoisotopic (exact) mass is 309 g/mol. The first kappa shape index (κ1) is 14.1. The number of aryl methyl sites for hydroxylation is 2. The molecule has 3 heterocycles. The lowest BCUT2D eigenvalue weighted by Crippen LogP contribution is -2.37. The van der Waals surface area contributed by atoms with Gasteiger partial charge in [-0.15, -0.1) is 0 Å². The third kappa shape index (κ3) is 3.03. The topological polar surface area (TPSA) is 68.8 Å². The molecular formula is C17H19N5O. The van der Waals surface area contributed by atoms with E-state index in [2.05, 4.69) is 51.7 Å². The first-order valence-electron chi connectivity index (χ1n) is 7.90. The Kier molecular flexibility index (Phi) is 3.67. The highest BCUT2D eigenvalue weighted by atomic mass is 16.5. The van der Waals surface area contributed by atoms with Crippen molar-refractivity contribution in [1.29, 1.82) is 0 Å². The van der Waals surface area contributed by atoms with E-state index in [1.165, 1.54) is 5.56 Å². The number of nitrogens with one attached hydrogen (secondary N) is 1. The molecule has 6 nitrogen and oxygen atoms in total. The van der Waals surface area contributed by atoms with Gasteiger partial charge in [-0.25, -0.2) is 9.67 Å². The molecule has 0 bridgehead atoms. The lowest BCUT2D eigenvalue weighted by molar-refractivity contribution is 0.325. The lowest BCUT2D eigenvalue weighted by atomic mass is 10.1. The fourth-order valence-electron chi connectivity index (χ4n) is 2.91. The molecule has 0 amide bonds. The van der Waals surface area contributed by atoms with Crippen molar-refractivity contribution in [2.24, 2.45) is 0 Å². The molecule has 23 heavy (non-hydrogen) atoms. The molecule has 0 fully saturated rings. The number of hydrogen-bond acceptors (Lipinski definition) is 5. The highest BCUT2D eigenvalue weighted by Gasteiger charge is 2.19. The standard InChI is InChI=1S/C17H19N5O/c1-12-2-4-13(5-3-12)16-8-15(23-21-16)9-18-14-6-7-17-19-11-20-22(17)10-14/h2-5,8,11,14,18H,6-7,9-10H2,1H3. The zero-order valence-electron chi connectivity index (χ0n) is 13.1. The molecule has 0 saturated heterocycles. The fourth-order valence-corrected chi connectivity index (χ4v) is 2.91. The van der Waals surface area contributed by atoms with Crippen LogP contribution in [0.3, 0.4) is 0 Å². The van der Waals surface area contributed by atoms with E-state index in [4.69, 9.17) is 4.52 Å². The van der Waals surface area contributed by atoms with Gasteiger partial charge in [-0.1, -0.05) is 35.0 Å². The summed E-state index contributed by atoms with van der Waals surface area (Å²) in [5.41, 5.74) is 3.20. The molecule has 1 atom stereocenters. The van der Waals surface area contributed by atoms with Crippen LogP contribution < -0.4 is 5.32 Å². The third-order valence-corrected chi connectivity index (χ3v) is 4.28. The van der Waals surface area contributed by atoms with Crippen molar-refractivity contribution in [3.05, 3.63) is 53.8 Å². The number of nitrogens with zero attached hydrogens (tertiary/aromatic N) is 4. The molecule has 3 aromatic rings. The summed E-state index contributed by atoms with van der Waals surface area (Å²) in [6.45, 7) is 3.61. The second kappa shape index (κ2) is 5.96. The second-order valence-electron chi connectivity index (χ2n) is 6.02. The van der Waals surface area contributed by atoms with Crippen molar-refractivity contribution in [2.75, 3.05) is 0 Å². The second-order valence-corrected chi connectivity index (χ2v) is 6.02. The maximum absolute atomic E-state index is 5.45. The van der Waals surface area contributed by atoms with Gasteiger partial charge in [-0.2, -0.15) is 5.10 Å². The van der Waals surface area contributed by atoms with Gasteiger partial charge in [0.25, 0.3) is 0 Å². The van der Waals surface area contributed by atoms with Crippen molar-refractivity contribution in [3.8, 4) is 11.3 Å². The van der Waals surface area contributed by atoms with Crippen LogP contribution in [0, 0.1) is 6.92 Å². The van der Waals surface area contributed by atoms with Gasteiger partial charge in [-0.05, 0) is 13.3 Å². The Bertz CT molecular complexity index is 789. The van der Waals surface area contributed by atoms with E-state index >= 15 is 0 Å². The first-order chi connectivity index (χ1) is 11.3. The summed E-state index contributed by atoms with van der Waals surface area (Å²) in [4.78, 5) is 4.25. The number of rotatable bonds is 4.